The van der Waals surface area contributed by atoms with Crippen molar-refractivity contribution in [1.82, 2.24) is 0 Å². The fourth-order valence-electron chi connectivity index (χ4n) is 3.18. The van der Waals surface area contributed by atoms with E-state index in [2.05, 4.69) is 4.89 Å². The fourth-order valence-corrected chi connectivity index (χ4v) is 3.18. The van der Waals surface area contributed by atoms with Crippen LogP contribution in [0.2, 0.25) is 0 Å². The highest BCUT2D eigenvalue weighted by Crippen LogP contribution is 2.29. The quantitative estimate of drug-likeness (QED) is 0.528. The Morgan fingerprint density at radius 2 is 1.22 bits per heavy atom. The first-order valence-electron chi connectivity index (χ1n) is 7.96. The average molecular weight is 256 g/mol. The monoisotopic (exact) mass is 256 g/mol. The summed E-state index contributed by atoms with van der Waals surface area (Å²) in [6.07, 6.45) is 16.2. The maximum absolute atomic E-state index is 8.93. The highest BCUT2D eigenvalue weighted by atomic mass is 17.1. The van der Waals surface area contributed by atoms with E-state index in [0.717, 1.165) is 12.3 Å². The second kappa shape index (κ2) is 8.92. The second-order valence-electron chi connectivity index (χ2n) is 6.68. The average Bonchev–Trinajstić information content (AvgIpc) is 2.32. The minimum atomic E-state index is -0.373. The van der Waals surface area contributed by atoms with Gasteiger partial charge in [0.05, 0.1) is 5.60 Å². The van der Waals surface area contributed by atoms with Gasteiger partial charge in [0.1, 0.15) is 0 Å². The van der Waals surface area contributed by atoms with Crippen LogP contribution in [0.15, 0.2) is 0 Å². The SMILES string of the molecule is CC(C)(CC1CCCCCCCCCCC1)OO. The summed E-state index contributed by atoms with van der Waals surface area (Å²) in [5.74, 6) is 0.728. The van der Waals surface area contributed by atoms with Crippen molar-refractivity contribution in [1.29, 1.82) is 0 Å². The molecule has 0 atom stereocenters. The van der Waals surface area contributed by atoms with Gasteiger partial charge in [-0.1, -0.05) is 70.6 Å². The minimum absolute atomic E-state index is 0.373. The molecule has 0 heterocycles. The topological polar surface area (TPSA) is 29.5 Å². The summed E-state index contributed by atoms with van der Waals surface area (Å²) < 4.78 is 0. The lowest BCUT2D eigenvalue weighted by Gasteiger charge is -2.27. The molecule has 0 aromatic carbocycles. The van der Waals surface area contributed by atoms with E-state index in [9.17, 15) is 0 Å². The molecule has 1 N–H and O–H groups in total. The summed E-state index contributed by atoms with van der Waals surface area (Å²) in [4.78, 5) is 4.61. The minimum Gasteiger partial charge on any atom is -0.251 e. The predicted molar refractivity (Wildman–Crippen MR) is 76.7 cm³/mol. The molecule has 108 valence electrons. The van der Waals surface area contributed by atoms with Crippen molar-refractivity contribution in [2.45, 2.75) is 96.5 Å². The normalized spacial score (nSPS) is 22.2. The number of hydrogen-bond acceptors (Lipinski definition) is 2. The van der Waals surface area contributed by atoms with Crippen molar-refractivity contribution in [2.24, 2.45) is 5.92 Å². The molecule has 0 aromatic heterocycles. The standard InChI is InChI=1S/C16H32O2/c1-16(2,18-17)14-15-12-10-8-6-4-3-5-7-9-11-13-15/h15,17H,3-14H2,1-2H3. The molecule has 2 nitrogen and oxygen atoms in total. The highest BCUT2D eigenvalue weighted by Gasteiger charge is 2.24. The zero-order valence-corrected chi connectivity index (χ0v) is 12.4. The van der Waals surface area contributed by atoms with Gasteiger partial charge in [-0.05, 0) is 26.2 Å². The molecular weight excluding hydrogens is 224 g/mol. The zero-order chi connectivity index (χ0) is 13.3. The summed E-state index contributed by atoms with van der Waals surface area (Å²) in [5.41, 5.74) is -0.373. The molecule has 0 amide bonds. The van der Waals surface area contributed by atoms with Crippen molar-refractivity contribution < 1.29 is 10.1 Å². The van der Waals surface area contributed by atoms with E-state index in [0.29, 0.717) is 0 Å². The predicted octanol–water partition coefficient (Wildman–Crippen LogP) is 5.57. The van der Waals surface area contributed by atoms with E-state index in [1.165, 1.54) is 70.6 Å². The zero-order valence-electron chi connectivity index (χ0n) is 12.4. The molecule has 0 spiro atoms. The molecule has 1 fully saturated rings. The third kappa shape index (κ3) is 7.38. The molecule has 1 aliphatic carbocycles. The summed E-state index contributed by atoms with van der Waals surface area (Å²) in [5, 5.41) is 8.93. The summed E-state index contributed by atoms with van der Waals surface area (Å²) >= 11 is 0. The van der Waals surface area contributed by atoms with E-state index in [-0.39, 0.29) is 5.60 Å². The van der Waals surface area contributed by atoms with Crippen LogP contribution in [0.25, 0.3) is 0 Å². The largest absolute Gasteiger partial charge is 0.251 e. The first kappa shape index (κ1) is 16.0. The number of rotatable bonds is 3. The van der Waals surface area contributed by atoms with Gasteiger partial charge in [0, 0.05) is 0 Å². The smallest absolute Gasteiger partial charge is 0.0980 e. The fraction of sp³-hybridized carbons (Fsp3) is 1.00. The first-order chi connectivity index (χ1) is 8.64. The Labute approximate surface area is 113 Å². The van der Waals surface area contributed by atoms with Crippen LogP contribution < -0.4 is 0 Å². The Morgan fingerprint density at radius 3 is 1.61 bits per heavy atom. The Bertz CT molecular complexity index is 189. The lowest BCUT2D eigenvalue weighted by molar-refractivity contribution is -0.316. The third-order valence-corrected chi connectivity index (χ3v) is 4.25. The van der Waals surface area contributed by atoms with E-state index in [4.69, 9.17) is 5.26 Å². The van der Waals surface area contributed by atoms with Gasteiger partial charge < -0.3 is 0 Å². The molecule has 0 bridgehead atoms. The number of hydrogen-bond donors (Lipinski definition) is 1. The van der Waals surface area contributed by atoms with Crippen LogP contribution in [0.5, 0.6) is 0 Å². The van der Waals surface area contributed by atoms with Crippen LogP contribution in [0, 0.1) is 5.92 Å². The Kier molecular flexibility index (Phi) is 7.92. The van der Waals surface area contributed by atoms with Crippen LogP contribution >= 0.6 is 0 Å². The lowest BCUT2D eigenvalue weighted by Crippen LogP contribution is -2.26. The van der Waals surface area contributed by atoms with Gasteiger partial charge in [0.15, 0.2) is 0 Å². The van der Waals surface area contributed by atoms with Crippen molar-refractivity contribution in [3.8, 4) is 0 Å². The molecular formula is C16H32O2. The Balaban J connectivity index is 2.36. The van der Waals surface area contributed by atoms with Gasteiger partial charge in [0.2, 0.25) is 0 Å². The molecule has 2 heteroatoms. The van der Waals surface area contributed by atoms with Gasteiger partial charge in [-0.15, -0.1) is 0 Å². The lowest BCUT2D eigenvalue weighted by atomic mass is 9.85. The van der Waals surface area contributed by atoms with Crippen LogP contribution in [0.1, 0.15) is 90.9 Å². The Morgan fingerprint density at radius 1 is 0.833 bits per heavy atom. The van der Waals surface area contributed by atoms with Gasteiger partial charge in [0.25, 0.3) is 0 Å². The van der Waals surface area contributed by atoms with Gasteiger partial charge >= 0.3 is 0 Å². The van der Waals surface area contributed by atoms with Crippen molar-refractivity contribution >= 4 is 0 Å². The van der Waals surface area contributed by atoms with Gasteiger partial charge in [-0.3, -0.25) is 5.26 Å². The summed E-state index contributed by atoms with van der Waals surface area (Å²) in [7, 11) is 0. The van der Waals surface area contributed by atoms with E-state index in [1.54, 1.807) is 0 Å². The summed E-state index contributed by atoms with van der Waals surface area (Å²) in [6.45, 7) is 3.98. The van der Waals surface area contributed by atoms with Gasteiger partial charge in [-0.2, -0.15) is 0 Å². The van der Waals surface area contributed by atoms with Crippen LogP contribution in [-0.4, -0.2) is 10.9 Å². The molecule has 0 aromatic rings. The summed E-state index contributed by atoms with van der Waals surface area (Å²) in [6, 6.07) is 0. The van der Waals surface area contributed by atoms with E-state index < -0.39 is 0 Å². The molecule has 0 aliphatic heterocycles. The van der Waals surface area contributed by atoms with E-state index >= 15 is 0 Å². The molecule has 0 saturated heterocycles. The Hall–Kier alpha value is -0.0800. The van der Waals surface area contributed by atoms with Crippen LogP contribution in [0.4, 0.5) is 0 Å². The molecule has 1 rings (SSSR count). The second-order valence-corrected chi connectivity index (χ2v) is 6.68. The molecule has 1 aliphatic rings. The van der Waals surface area contributed by atoms with Gasteiger partial charge in [-0.25, -0.2) is 4.89 Å². The first-order valence-corrected chi connectivity index (χ1v) is 7.96. The molecule has 18 heavy (non-hydrogen) atoms. The maximum Gasteiger partial charge on any atom is 0.0980 e. The maximum atomic E-state index is 8.93. The molecule has 0 radical (unpaired) electrons. The molecule has 1 saturated carbocycles. The van der Waals surface area contributed by atoms with Crippen molar-refractivity contribution in [3.63, 3.8) is 0 Å². The highest BCUT2D eigenvalue weighted by molar-refractivity contribution is 4.73. The van der Waals surface area contributed by atoms with E-state index in [1.807, 2.05) is 13.8 Å². The van der Waals surface area contributed by atoms with Crippen molar-refractivity contribution in [2.75, 3.05) is 0 Å². The molecule has 0 unspecified atom stereocenters. The third-order valence-electron chi connectivity index (χ3n) is 4.25. The van der Waals surface area contributed by atoms with Crippen molar-refractivity contribution in [3.05, 3.63) is 0 Å². The van der Waals surface area contributed by atoms with Crippen LogP contribution in [0.3, 0.4) is 0 Å². The van der Waals surface area contributed by atoms with Crippen LogP contribution in [-0.2, 0) is 4.89 Å².